The van der Waals surface area contributed by atoms with E-state index in [1.54, 1.807) is 0 Å². The fourth-order valence-electron chi connectivity index (χ4n) is 0.867. The Kier molecular flexibility index (Phi) is 2.81. The molecule has 0 radical (unpaired) electrons. The molecule has 0 heterocycles. The van der Waals surface area contributed by atoms with Gasteiger partial charge in [-0.3, -0.25) is 0 Å². The first-order chi connectivity index (χ1) is 4.75. The lowest BCUT2D eigenvalue weighted by Gasteiger charge is -2.03. The normalized spacial score (nSPS) is 9.90. The van der Waals surface area contributed by atoms with Crippen LogP contribution >= 0.6 is 28.6 Å². The van der Waals surface area contributed by atoms with E-state index < -0.39 is 0 Å². The van der Waals surface area contributed by atoms with Crippen LogP contribution in [0.4, 0.5) is 0 Å². The highest BCUT2D eigenvalue weighted by molar-refractivity contribution is 9.10. The van der Waals surface area contributed by atoms with Gasteiger partial charge in [-0.15, -0.1) is 0 Å². The molecule has 0 atom stereocenters. The summed E-state index contributed by atoms with van der Waals surface area (Å²) in [6, 6.07) is 6.17. The summed E-state index contributed by atoms with van der Waals surface area (Å²) in [4.78, 5) is 0. The minimum absolute atomic E-state index is 0.799. The number of hydrogen-bond donors (Lipinski definition) is 1. The van der Waals surface area contributed by atoms with E-state index in [0.717, 1.165) is 10.2 Å². The molecule has 0 unspecified atom stereocenters. The smallest absolute Gasteiger partial charge is 0.0218 e. The van der Waals surface area contributed by atoms with Gasteiger partial charge in [-0.1, -0.05) is 28.1 Å². The molecule has 2 heteroatoms. The molecule has 0 amide bonds. The highest BCUT2D eigenvalue weighted by atomic mass is 79.9. The Morgan fingerprint density at radius 1 is 1.50 bits per heavy atom. The van der Waals surface area contributed by atoms with Gasteiger partial charge in [0.1, 0.15) is 0 Å². The molecule has 1 aromatic carbocycles. The molecule has 0 aromatic heterocycles. The van der Waals surface area contributed by atoms with Gasteiger partial charge in [-0.2, -0.15) is 12.6 Å². The van der Waals surface area contributed by atoms with E-state index in [-0.39, 0.29) is 0 Å². The van der Waals surface area contributed by atoms with Crippen LogP contribution in [0.5, 0.6) is 0 Å². The van der Waals surface area contributed by atoms with Crippen molar-refractivity contribution in [2.45, 2.75) is 12.7 Å². The molecule has 0 aliphatic heterocycles. The second-order valence-electron chi connectivity index (χ2n) is 2.19. The zero-order valence-corrected chi connectivity index (χ0v) is 8.24. The third-order valence-corrected chi connectivity index (χ3v) is 2.57. The Balaban J connectivity index is 3.17. The number of halogens is 1. The fourth-order valence-corrected chi connectivity index (χ4v) is 2.11. The molecule has 0 aliphatic rings. The average Bonchev–Trinajstić information content (AvgIpc) is 1.88. The predicted molar refractivity (Wildman–Crippen MR) is 51.6 cm³/mol. The summed E-state index contributed by atoms with van der Waals surface area (Å²) < 4.78 is 1.16. The molecule has 1 rings (SSSR count). The summed E-state index contributed by atoms with van der Waals surface area (Å²) >= 11 is 7.68. The second-order valence-corrected chi connectivity index (χ2v) is 3.36. The summed E-state index contributed by atoms with van der Waals surface area (Å²) in [6.45, 7) is 2.09. The molecule has 0 bridgehead atoms. The van der Waals surface area contributed by atoms with E-state index in [1.165, 1.54) is 11.1 Å². The highest BCUT2D eigenvalue weighted by Gasteiger charge is 1.98. The SMILES string of the molecule is Cc1cccc(Br)c1CS. The summed E-state index contributed by atoms with van der Waals surface area (Å²) in [7, 11) is 0. The average molecular weight is 217 g/mol. The Morgan fingerprint density at radius 2 is 2.20 bits per heavy atom. The van der Waals surface area contributed by atoms with E-state index in [4.69, 9.17) is 0 Å². The van der Waals surface area contributed by atoms with Crippen LogP contribution in [0.2, 0.25) is 0 Å². The first kappa shape index (κ1) is 8.15. The van der Waals surface area contributed by atoms with Crippen LogP contribution in [0.25, 0.3) is 0 Å². The first-order valence-corrected chi connectivity index (χ1v) is 4.53. The third kappa shape index (κ3) is 1.55. The van der Waals surface area contributed by atoms with Gasteiger partial charge in [-0.05, 0) is 24.1 Å². The van der Waals surface area contributed by atoms with Crippen LogP contribution in [0.15, 0.2) is 22.7 Å². The second kappa shape index (κ2) is 3.44. The monoisotopic (exact) mass is 216 g/mol. The standard InChI is InChI=1S/C8H9BrS/c1-6-3-2-4-8(9)7(6)5-10/h2-4,10H,5H2,1H3. The van der Waals surface area contributed by atoms with Gasteiger partial charge in [0.05, 0.1) is 0 Å². The molecule has 0 saturated heterocycles. The lowest BCUT2D eigenvalue weighted by Crippen LogP contribution is -1.84. The summed E-state index contributed by atoms with van der Waals surface area (Å²) in [5.74, 6) is 0.799. The maximum atomic E-state index is 4.22. The maximum absolute atomic E-state index is 4.22. The molecule has 0 saturated carbocycles. The van der Waals surface area contributed by atoms with Crippen molar-refractivity contribution in [1.29, 1.82) is 0 Å². The minimum Gasteiger partial charge on any atom is -0.174 e. The van der Waals surface area contributed by atoms with Crippen molar-refractivity contribution >= 4 is 28.6 Å². The van der Waals surface area contributed by atoms with Gasteiger partial charge < -0.3 is 0 Å². The van der Waals surface area contributed by atoms with Crippen LogP contribution in [0.1, 0.15) is 11.1 Å². The van der Waals surface area contributed by atoms with E-state index in [9.17, 15) is 0 Å². The van der Waals surface area contributed by atoms with Crippen LogP contribution < -0.4 is 0 Å². The molecule has 54 valence electrons. The van der Waals surface area contributed by atoms with Gasteiger partial charge in [-0.25, -0.2) is 0 Å². The molecule has 0 N–H and O–H groups in total. The summed E-state index contributed by atoms with van der Waals surface area (Å²) in [6.07, 6.45) is 0. The van der Waals surface area contributed by atoms with Gasteiger partial charge in [0.15, 0.2) is 0 Å². The van der Waals surface area contributed by atoms with Crippen molar-refractivity contribution in [1.82, 2.24) is 0 Å². The largest absolute Gasteiger partial charge is 0.174 e. The quantitative estimate of drug-likeness (QED) is 0.686. The molecule has 0 aliphatic carbocycles. The zero-order chi connectivity index (χ0) is 7.56. The van der Waals surface area contributed by atoms with Crippen molar-refractivity contribution < 1.29 is 0 Å². The Bertz CT molecular complexity index is 212. The number of hydrogen-bond acceptors (Lipinski definition) is 1. The van der Waals surface area contributed by atoms with Crippen LogP contribution in [0.3, 0.4) is 0 Å². The summed E-state index contributed by atoms with van der Waals surface area (Å²) in [5, 5.41) is 0. The zero-order valence-electron chi connectivity index (χ0n) is 5.76. The Hall–Kier alpha value is 0.0500. The van der Waals surface area contributed by atoms with E-state index >= 15 is 0 Å². The minimum atomic E-state index is 0.799. The highest BCUT2D eigenvalue weighted by Crippen LogP contribution is 2.21. The first-order valence-electron chi connectivity index (χ1n) is 3.10. The Labute approximate surface area is 75.2 Å². The number of rotatable bonds is 1. The molecule has 0 fully saturated rings. The van der Waals surface area contributed by atoms with E-state index in [0.29, 0.717) is 0 Å². The topological polar surface area (TPSA) is 0 Å². The predicted octanol–water partition coefficient (Wildman–Crippen LogP) is 3.19. The van der Waals surface area contributed by atoms with Crippen molar-refractivity contribution in [3.63, 3.8) is 0 Å². The molecular formula is C8H9BrS. The molecule has 1 aromatic rings. The molecule has 0 spiro atoms. The number of benzene rings is 1. The lowest BCUT2D eigenvalue weighted by molar-refractivity contribution is 1.29. The lowest BCUT2D eigenvalue weighted by atomic mass is 10.1. The molecule has 0 nitrogen and oxygen atoms in total. The van der Waals surface area contributed by atoms with Crippen molar-refractivity contribution in [2.75, 3.05) is 0 Å². The van der Waals surface area contributed by atoms with Crippen molar-refractivity contribution in [2.24, 2.45) is 0 Å². The Morgan fingerprint density at radius 3 is 2.60 bits per heavy atom. The number of aryl methyl sites for hydroxylation is 1. The van der Waals surface area contributed by atoms with Gasteiger partial charge in [0.2, 0.25) is 0 Å². The van der Waals surface area contributed by atoms with E-state index in [1.807, 2.05) is 12.1 Å². The fraction of sp³-hybridized carbons (Fsp3) is 0.250. The van der Waals surface area contributed by atoms with E-state index in [2.05, 4.69) is 41.5 Å². The summed E-state index contributed by atoms with van der Waals surface area (Å²) in [5.41, 5.74) is 2.58. The van der Waals surface area contributed by atoms with Crippen LogP contribution in [0, 0.1) is 6.92 Å². The van der Waals surface area contributed by atoms with Gasteiger partial charge >= 0.3 is 0 Å². The van der Waals surface area contributed by atoms with Crippen molar-refractivity contribution in [3.8, 4) is 0 Å². The van der Waals surface area contributed by atoms with Crippen LogP contribution in [-0.2, 0) is 5.75 Å². The van der Waals surface area contributed by atoms with Gasteiger partial charge in [0, 0.05) is 10.2 Å². The maximum Gasteiger partial charge on any atom is 0.0218 e. The van der Waals surface area contributed by atoms with Crippen LogP contribution in [-0.4, -0.2) is 0 Å². The van der Waals surface area contributed by atoms with Crippen molar-refractivity contribution in [3.05, 3.63) is 33.8 Å². The van der Waals surface area contributed by atoms with Gasteiger partial charge in [0.25, 0.3) is 0 Å². The number of thiol groups is 1. The molecular weight excluding hydrogens is 208 g/mol. The molecule has 10 heavy (non-hydrogen) atoms. The third-order valence-electron chi connectivity index (χ3n) is 1.51.